The molecule has 2 unspecified atom stereocenters. The first-order valence-electron chi connectivity index (χ1n) is 11.2. The number of hydrogen-bond donors (Lipinski definition) is 6. The Bertz CT molecular complexity index is 1350. The fourth-order valence-electron chi connectivity index (χ4n) is 4.49. The smallest absolute Gasteiger partial charge is 0.161 e. The molecule has 0 aliphatic carbocycles. The molecule has 0 saturated heterocycles. The van der Waals surface area contributed by atoms with E-state index in [1.165, 1.54) is 0 Å². The van der Waals surface area contributed by atoms with E-state index in [1.807, 2.05) is 26.0 Å². The fraction of sp³-hybridized carbons (Fsp3) is 0.138. The van der Waals surface area contributed by atoms with Gasteiger partial charge in [-0.3, -0.25) is 4.79 Å². The van der Waals surface area contributed by atoms with E-state index in [0.717, 1.165) is 35.4 Å². The minimum Gasteiger partial charge on any atom is -0.507 e. The molecule has 0 aromatic heterocycles. The van der Waals surface area contributed by atoms with Crippen molar-refractivity contribution in [1.29, 1.82) is 0 Å². The molecule has 184 valence electrons. The van der Waals surface area contributed by atoms with E-state index in [-0.39, 0.29) is 11.1 Å². The lowest BCUT2D eigenvalue weighted by atomic mass is 9.76. The van der Waals surface area contributed by atoms with Gasteiger partial charge in [-0.1, -0.05) is 59.7 Å². The molecule has 7 nitrogen and oxygen atoms in total. The summed E-state index contributed by atoms with van der Waals surface area (Å²) in [4.78, 5) is 14.5. The molecule has 4 aromatic rings. The van der Waals surface area contributed by atoms with Gasteiger partial charge in [0.2, 0.25) is 0 Å². The maximum atomic E-state index is 14.5. The second kappa shape index (κ2) is 9.54. The molecule has 4 rings (SSSR count). The first-order chi connectivity index (χ1) is 17.1. The number of benzene rings is 4. The van der Waals surface area contributed by atoms with E-state index in [0.29, 0.717) is 11.1 Å². The minimum atomic E-state index is -1.13. The lowest BCUT2D eigenvalue weighted by Crippen LogP contribution is -2.23. The summed E-state index contributed by atoms with van der Waals surface area (Å²) in [6.45, 7) is 3.70. The van der Waals surface area contributed by atoms with Gasteiger partial charge in [0.25, 0.3) is 0 Å². The highest BCUT2D eigenvalue weighted by atomic mass is 16.3. The molecule has 0 radical (unpaired) electrons. The standard InChI is InChI=1S/C29H26O7/c1-15-5-3-7-17(9-15)27(19-11-23(32)25(34)13-21(19)30)29(36)28(18-8-4-6-16(2)10-18)20-12-24(33)26(35)14-22(20)31/h3-14,27-28,30-35H,1-2H3. The van der Waals surface area contributed by atoms with Gasteiger partial charge in [0.1, 0.15) is 11.5 Å². The number of carbonyl (C=O) groups is 1. The van der Waals surface area contributed by atoms with Gasteiger partial charge in [-0.05, 0) is 37.1 Å². The zero-order valence-corrected chi connectivity index (χ0v) is 19.7. The quantitative estimate of drug-likeness (QED) is 0.165. The summed E-state index contributed by atoms with van der Waals surface area (Å²) < 4.78 is 0. The van der Waals surface area contributed by atoms with Crippen molar-refractivity contribution in [2.24, 2.45) is 0 Å². The lowest BCUT2D eigenvalue weighted by molar-refractivity contribution is -0.120. The van der Waals surface area contributed by atoms with Crippen LogP contribution in [0, 0.1) is 13.8 Å². The van der Waals surface area contributed by atoms with Gasteiger partial charge in [0.05, 0.1) is 11.8 Å². The molecule has 0 bridgehead atoms. The van der Waals surface area contributed by atoms with Crippen molar-refractivity contribution >= 4 is 5.78 Å². The largest absolute Gasteiger partial charge is 0.507 e. The summed E-state index contributed by atoms with van der Waals surface area (Å²) in [6.07, 6.45) is 0. The third kappa shape index (κ3) is 4.63. The monoisotopic (exact) mass is 486 g/mol. The predicted octanol–water partition coefficient (Wildman–Crippen LogP) is 5.07. The van der Waals surface area contributed by atoms with Crippen LogP contribution in [0.2, 0.25) is 0 Å². The van der Waals surface area contributed by atoms with Crippen molar-refractivity contribution < 1.29 is 35.4 Å². The molecule has 36 heavy (non-hydrogen) atoms. The Balaban J connectivity index is 2.01. The number of phenols is 6. The number of rotatable bonds is 6. The van der Waals surface area contributed by atoms with Crippen molar-refractivity contribution in [2.45, 2.75) is 25.7 Å². The number of carbonyl (C=O) groups excluding carboxylic acids is 1. The SMILES string of the molecule is Cc1cccc(C(C(=O)C(c2cccc(C)c2)c2cc(O)c(O)cc2O)c2cc(O)c(O)cc2O)c1. The molecule has 0 saturated carbocycles. The maximum Gasteiger partial charge on any atom is 0.161 e. The van der Waals surface area contributed by atoms with Crippen LogP contribution in [0.1, 0.15) is 45.2 Å². The zero-order chi connectivity index (χ0) is 26.1. The van der Waals surface area contributed by atoms with Crippen LogP contribution in [0.5, 0.6) is 34.5 Å². The highest BCUT2D eigenvalue weighted by Crippen LogP contribution is 2.45. The summed E-state index contributed by atoms with van der Waals surface area (Å²) in [6, 6.07) is 18.4. The lowest BCUT2D eigenvalue weighted by Gasteiger charge is -2.26. The van der Waals surface area contributed by atoms with E-state index in [9.17, 15) is 35.4 Å². The number of Topliss-reactive ketones (excluding diaryl/α,β-unsaturated/α-hetero) is 1. The Hall–Kier alpha value is -4.65. The van der Waals surface area contributed by atoms with Crippen molar-refractivity contribution in [3.8, 4) is 34.5 Å². The summed E-state index contributed by atoms with van der Waals surface area (Å²) in [5.74, 6) is -5.62. The van der Waals surface area contributed by atoms with Gasteiger partial charge in [-0.2, -0.15) is 0 Å². The minimum absolute atomic E-state index is 0.0565. The van der Waals surface area contributed by atoms with Gasteiger partial charge in [-0.25, -0.2) is 0 Å². The van der Waals surface area contributed by atoms with Crippen LogP contribution in [0.15, 0.2) is 72.8 Å². The summed E-state index contributed by atoms with van der Waals surface area (Å²) in [5, 5.41) is 61.6. The Kier molecular flexibility index (Phi) is 6.49. The first-order valence-corrected chi connectivity index (χ1v) is 11.2. The van der Waals surface area contributed by atoms with Gasteiger partial charge >= 0.3 is 0 Å². The third-order valence-corrected chi connectivity index (χ3v) is 6.19. The molecule has 0 heterocycles. The van der Waals surface area contributed by atoms with Crippen LogP contribution in [0.4, 0.5) is 0 Å². The topological polar surface area (TPSA) is 138 Å². The highest BCUT2D eigenvalue weighted by molar-refractivity contribution is 5.98. The molecule has 0 amide bonds. The van der Waals surface area contributed by atoms with Gasteiger partial charge in [0, 0.05) is 23.3 Å². The molecule has 0 aliphatic heterocycles. The average molecular weight is 487 g/mol. The Morgan fingerprint density at radius 3 is 1.25 bits per heavy atom. The Morgan fingerprint density at radius 1 is 0.528 bits per heavy atom. The van der Waals surface area contributed by atoms with Crippen LogP contribution < -0.4 is 0 Å². The zero-order valence-electron chi connectivity index (χ0n) is 19.7. The molecule has 7 heteroatoms. The second-order valence-corrected chi connectivity index (χ2v) is 8.90. The maximum absolute atomic E-state index is 14.5. The van der Waals surface area contributed by atoms with Crippen molar-refractivity contribution in [1.82, 2.24) is 0 Å². The molecule has 6 N–H and O–H groups in total. The molecular formula is C29H26O7. The van der Waals surface area contributed by atoms with Gasteiger partial charge in [-0.15, -0.1) is 0 Å². The van der Waals surface area contributed by atoms with E-state index >= 15 is 0 Å². The summed E-state index contributed by atoms with van der Waals surface area (Å²) in [7, 11) is 0. The predicted molar refractivity (Wildman–Crippen MR) is 134 cm³/mol. The molecule has 0 spiro atoms. The van der Waals surface area contributed by atoms with Crippen LogP contribution in [-0.4, -0.2) is 36.4 Å². The molecular weight excluding hydrogens is 460 g/mol. The number of aryl methyl sites for hydroxylation is 2. The van der Waals surface area contributed by atoms with Crippen LogP contribution in [0.25, 0.3) is 0 Å². The first kappa shape index (κ1) is 24.5. The van der Waals surface area contributed by atoms with E-state index in [4.69, 9.17) is 0 Å². The fourth-order valence-corrected chi connectivity index (χ4v) is 4.49. The van der Waals surface area contributed by atoms with E-state index < -0.39 is 52.1 Å². The highest BCUT2D eigenvalue weighted by Gasteiger charge is 2.36. The van der Waals surface area contributed by atoms with Gasteiger partial charge < -0.3 is 30.6 Å². The van der Waals surface area contributed by atoms with E-state index in [2.05, 4.69) is 0 Å². The Morgan fingerprint density at radius 2 is 0.889 bits per heavy atom. The normalized spacial score (nSPS) is 12.7. The number of phenolic OH excluding ortho intramolecular Hbond substituents is 6. The molecule has 2 atom stereocenters. The van der Waals surface area contributed by atoms with E-state index in [1.54, 1.807) is 36.4 Å². The van der Waals surface area contributed by atoms with Crippen LogP contribution in [-0.2, 0) is 4.79 Å². The number of hydrogen-bond acceptors (Lipinski definition) is 7. The van der Waals surface area contributed by atoms with Crippen molar-refractivity contribution in [3.05, 3.63) is 106 Å². The van der Waals surface area contributed by atoms with Gasteiger partial charge in [0.15, 0.2) is 28.8 Å². The Labute approximate surface area is 207 Å². The second-order valence-electron chi connectivity index (χ2n) is 8.90. The molecule has 4 aromatic carbocycles. The number of ketones is 1. The molecule has 0 aliphatic rings. The van der Waals surface area contributed by atoms with Crippen molar-refractivity contribution in [2.75, 3.05) is 0 Å². The van der Waals surface area contributed by atoms with Crippen LogP contribution >= 0.6 is 0 Å². The third-order valence-electron chi connectivity index (χ3n) is 6.19. The summed E-state index contributed by atoms with van der Waals surface area (Å²) in [5.41, 5.74) is 2.85. The summed E-state index contributed by atoms with van der Waals surface area (Å²) >= 11 is 0. The number of aromatic hydroxyl groups is 6. The molecule has 0 fully saturated rings. The average Bonchev–Trinajstić information content (AvgIpc) is 2.81. The van der Waals surface area contributed by atoms with Crippen LogP contribution in [0.3, 0.4) is 0 Å². The van der Waals surface area contributed by atoms with Crippen molar-refractivity contribution in [3.63, 3.8) is 0 Å².